The zero-order valence-electron chi connectivity index (χ0n) is 18.8. The molecule has 5 rings (SSSR count). The molecule has 0 radical (unpaired) electrons. The molecule has 7 heteroatoms. The van der Waals surface area contributed by atoms with Gasteiger partial charge in [0.1, 0.15) is 0 Å². The number of likely N-dealkylation sites (tertiary alicyclic amines) is 1. The average molecular weight is 454 g/mol. The van der Waals surface area contributed by atoms with Gasteiger partial charge in [-0.25, -0.2) is 10.00 Å². The zero-order chi connectivity index (χ0) is 23.3. The molecule has 0 aliphatic carbocycles. The van der Waals surface area contributed by atoms with Crippen molar-refractivity contribution in [3.63, 3.8) is 0 Å². The number of hydrogen-bond acceptors (Lipinski definition) is 5. The van der Waals surface area contributed by atoms with E-state index in [4.69, 9.17) is 10.3 Å². The van der Waals surface area contributed by atoms with Crippen LogP contribution in [0.3, 0.4) is 0 Å². The highest BCUT2D eigenvalue weighted by Gasteiger charge is 2.26. The van der Waals surface area contributed by atoms with Crippen molar-refractivity contribution in [1.29, 1.82) is 0 Å². The minimum atomic E-state index is -0.538. The van der Waals surface area contributed by atoms with E-state index in [2.05, 4.69) is 40.2 Å². The molecule has 1 amide bonds. The molecule has 0 bridgehead atoms. The van der Waals surface area contributed by atoms with Crippen LogP contribution in [0.25, 0.3) is 22.9 Å². The molecule has 1 aromatic carbocycles. The predicted octanol–water partition coefficient (Wildman–Crippen LogP) is 4.29. The van der Waals surface area contributed by atoms with Crippen LogP contribution in [-0.2, 0) is 11.2 Å². The zero-order valence-corrected chi connectivity index (χ0v) is 18.8. The first-order valence-corrected chi connectivity index (χ1v) is 11.6. The molecule has 1 saturated heterocycles. The van der Waals surface area contributed by atoms with Gasteiger partial charge in [0.25, 0.3) is 5.91 Å². The van der Waals surface area contributed by atoms with Gasteiger partial charge in [-0.05, 0) is 67.3 Å². The Morgan fingerprint density at radius 3 is 2.82 bits per heavy atom. The Labute approximate surface area is 198 Å². The summed E-state index contributed by atoms with van der Waals surface area (Å²) in [5.41, 5.74) is 8.24. The van der Waals surface area contributed by atoms with Crippen molar-refractivity contribution in [2.45, 2.75) is 25.3 Å². The fourth-order valence-electron chi connectivity index (χ4n) is 4.80. The van der Waals surface area contributed by atoms with Gasteiger partial charge >= 0.3 is 0 Å². The number of fused-ring (bicyclic) bond motifs is 1. The number of aromatic nitrogens is 3. The lowest BCUT2D eigenvalue weighted by atomic mass is 10.0. The van der Waals surface area contributed by atoms with Crippen molar-refractivity contribution in [2.75, 3.05) is 13.1 Å². The van der Waals surface area contributed by atoms with Crippen LogP contribution in [0.2, 0.25) is 0 Å². The number of amides is 1. The molecule has 1 aliphatic rings. The van der Waals surface area contributed by atoms with Crippen LogP contribution in [0.4, 0.5) is 0 Å². The van der Waals surface area contributed by atoms with Gasteiger partial charge in [-0.15, -0.1) is 0 Å². The van der Waals surface area contributed by atoms with E-state index in [0.717, 1.165) is 48.3 Å². The lowest BCUT2D eigenvalue weighted by Crippen LogP contribution is -2.25. The van der Waals surface area contributed by atoms with Crippen molar-refractivity contribution in [3.8, 4) is 11.3 Å². The number of rotatable bonds is 7. The summed E-state index contributed by atoms with van der Waals surface area (Å²) in [5, 5.41) is 13.5. The fourth-order valence-corrected chi connectivity index (χ4v) is 4.80. The number of nitrogens with one attached hydrogen (secondary N) is 1. The fraction of sp³-hybridized carbons (Fsp3) is 0.222. The van der Waals surface area contributed by atoms with Gasteiger partial charge in [0.2, 0.25) is 0 Å². The number of carbonyl (C=O) groups excluding carboxylic acids is 1. The molecular formula is C27H27N5O2. The molecule has 0 spiro atoms. The van der Waals surface area contributed by atoms with Crippen LogP contribution < -0.4 is 5.48 Å². The van der Waals surface area contributed by atoms with E-state index in [1.165, 1.54) is 23.6 Å². The number of nitrogens with zero attached hydrogens (tertiary/aromatic N) is 4. The van der Waals surface area contributed by atoms with Crippen LogP contribution in [0.5, 0.6) is 0 Å². The number of carbonyl (C=O) groups is 1. The Morgan fingerprint density at radius 2 is 2.03 bits per heavy atom. The molecule has 4 aromatic rings. The van der Waals surface area contributed by atoms with Crippen molar-refractivity contribution in [2.24, 2.45) is 0 Å². The SMILES string of the molecule is O=C(C=Cc1ccc(C2CCCN2CCc2c(-c3cccnc3)nn3ccccc23)cc1)NO. The maximum Gasteiger partial charge on any atom is 0.267 e. The highest BCUT2D eigenvalue weighted by Crippen LogP contribution is 2.33. The molecule has 7 nitrogen and oxygen atoms in total. The van der Waals surface area contributed by atoms with E-state index in [1.54, 1.807) is 17.8 Å². The largest absolute Gasteiger partial charge is 0.296 e. The standard InChI is InChI=1S/C27H27N5O2/c33-26(30-34)13-10-20-8-11-21(12-9-20)24-7-4-16-31(24)18-14-23-25-6-1-2-17-32(25)29-27(23)22-5-3-15-28-19-22/h1-3,5-6,8-13,15,17,19,24,34H,4,7,14,16,18H2,(H,30,33). The number of hydroxylamine groups is 1. The maximum atomic E-state index is 11.2. The highest BCUT2D eigenvalue weighted by molar-refractivity contribution is 5.90. The molecule has 0 saturated carbocycles. The van der Waals surface area contributed by atoms with E-state index >= 15 is 0 Å². The molecule has 4 heterocycles. The lowest BCUT2D eigenvalue weighted by molar-refractivity contribution is -0.124. The quantitative estimate of drug-likeness (QED) is 0.248. The van der Waals surface area contributed by atoms with Crippen LogP contribution in [0, 0.1) is 0 Å². The van der Waals surface area contributed by atoms with Crippen molar-refractivity contribution >= 4 is 17.5 Å². The van der Waals surface area contributed by atoms with E-state index in [-0.39, 0.29) is 0 Å². The monoisotopic (exact) mass is 453 g/mol. The lowest BCUT2D eigenvalue weighted by Gasteiger charge is -2.25. The number of benzene rings is 1. The third-order valence-electron chi connectivity index (χ3n) is 6.45. The van der Waals surface area contributed by atoms with E-state index in [0.29, 0.717) is 6.04 Å². The van der Waals surface area contributed by atoms with Crippen molar-refractivity contribution in [3.05, 3.63) is 96.0 Å². The molecule has 34 heavy (non-hydrogen) atoms. The molecule has 2 N–H and O–H groups in total. The minimum absolute atomic E-state index is 0.377. The van der Waals surface area contributed by atoms with Gasteiger partial charge in [-0.1, -0.05) is 30.3 Å². The van der Waals surface area contributed by atoms with Crippen molar-refractivity contribution in [1.82, 2.24) is 25.0 Å². The van der Waals surface area contributed by atoms with Crippen LogP contribution in [0.15, 0.2) is 79.3 Å². The minimum Gasteiger partial charge on any atom is -0.296 e. The second kappa shape index (κ2) is 9.99. The summed E-state index contributed by atoms with van der Waals surface area (Å²) >= 11 is 0. The van der Waals surface area contributed by atoms with Crippen molar-refractivity contribution < 1.29 is 10.0 Å². The molecule has 1 aliphatic heterocycles. The summed E-state index contributed by atoms with van der Waals surface area (Å²) < 4.78 is 1.96. The second-order valence-corrected chi connectivity index (χ2v) is 8.52. The molecule has 172 valence electrons. The maximum absolute atomic E-state index is 11.2. The summed E-state index contributed by atoms with van der Waals surface area (Å²) in [6.07, 6.45) is 11.9. The average Bonchev–Trinajstić information content (AvgIpc) is 3.51. The van der Waals surface area contributed by atoms with Crippen LogP contribution in [0.1, 0.15) is 35.6 Å². The third kappa shape index (κ3) is 4.62. The van der Waals surface area contributed by atoms with Gasteiger partial charge in [0.05, 0.1) is 11.2 Å². The van der Waals surface area contributed by atoms with Gasteiger partial charge < -0.3 is 0 Å². The summed E-state index contributed by atoms with van der Waals surface area (Å²) in [5.74, 6) is -0.538. The van der Waals surface area contributed by atoms with Crippen LogP contribution in [-0.4, -0.2) is 43.7 Å². The number of pyridine rings is 2. The second-order valence-electron chi connectivity index (χ2n) is 8.52. The Balaban J connectivity index is 1.34. The Hall–Kier alpha value is -3.81. The first kappa shape index (κ1) is 22.0. The molecule has 1 fully saturated rings. The first-order valence-electron chi connectivity index (χ1n) is 11.6. The van der Waals surface area contributed by atoms with Gasteiger partial charge in [0.15, 0.2) is 0 Å². The Bertz CT molecular complexity index is 1300. The van der Waals surface area contributed by atoms with Crippen LogP contribution >= 0.6 is 0 Å². The summed E-state index contributed by atoms with van der Waals surface area (Å²) in [6.45, 7) is 2.02. The normalized spacial score (nSPS) is 16.4. The van der Waals surface area contributed by atoms with Gasteiger partial charge in [-0.3, -0.25) is 19.9 Å². The third-order valence-corrected chi connectivity index (χ3v) is 6.45. The summed E-state index contributed by atoms with van der Waals surface area (Å²) in [4.78, 5) is 18.1. The molecule has 1 atom stereocenters. The van der Waals surface area contributed by atoms with E-state index in [1.807, 2.05) is 41.2 Å². The van der Waals surface area contributed by atoms with E-state index < -0.39 is 5.91 Å². The topological polar surface area (TPSA) is 82.8 Å². The van der Waals surface area contributed by atoms with Gasteiger partial charge in [-0.2, -0.15) is 5.10 Å². The Kier molecular flexibility index (Phi) is 6.46. The summed E-state index contributed by atoms with van der Waals surface area (Å²) in [6, 6.07) is 18.9. The number of hydrogen-bond donors (Lipinski definition) is 2. The predicted molar refractivity (Wildman–Crippen MR) is 131 cm³/mol. The smallest absolute Gasteiger partial charge is 0.267 e. The van der Waals surface area contributed by atoms with E-state index in [9.17, 15) is 4.79 Å². The molecule has 3 aromatic heterocycles. The summed E-state index contributed by atoms with van der Waals surface area (Å²) in [7, 11) is 0. The highest BCUT2D eigenvalue weighted by atomic mass is 16.5. The Morgan fingerprint density at radius 1 is 1.15 bits per heavy atom. The first-order chi connectivity index (χ1) is 16.7. The molecular weight excluding hydrogens is 426 g/mol. The molecule has 1 unspecified atom stereocenters. The van der Waals surface area contributed by atoms with Gasteiger partial charge in [0, 0.05) is 48.4 Å².